The highest BCUT2D eigenvalue weighted by molar-refractivity contribution is 5.54. The van der Waals surface area contributed by atoms with E-state index in [1.165, 1.54) is 29.7 Å². The molecule has 0 spiro atoms. The normalized spacial score (nSPS) is 16.1. The van der Waals surface area contributed by atoms with Gasteiger partial charge in [0.2, 0.25) is 0 Å². The van der Waals surface area contributed by atoms with Gasteiger partial charge in [0.15, 0.2) is 0 Å². The molecule has 3 nitrogen and oxygen atoms in total. The molecule has 2 aromatic rings. The summed E-state index contributed by atoms with van der Waals surface area (Å²) in [7, 11) is 0. The van der Waals surface area contributed by atoms with E-state index >= 15 is 0 Å². The Hall–Kier alpha value is -1.35. The number of imidazole rings is 1. The van der Waals surface area contributed by atoms with Crippen LogP contribution in [-0.2, 0) is 6.42 Å². The summed E-state index contributed by atoms with van der Waals surface area (Å²) >= 11 is 0. The maximum absolute atomic E-state index is 5.60. The van der Waals surface area contributed by atoms with Crippen molar-refractivity contribution in [3.8, 4) is 0 Å². The summed E-state index contributed by atoms with van der Waals surface area (Å²) in [5, 5.41) is 0. The molecule has 2 aromatic heterocycles. The SMILES string of the molecule is NCCc1cccn2c(C3CC3)ncc12. The maximum Gasteiger partial charge on any atom is 0.116 e. The molecule has 78 valence electrons. The van der Waals surface area contributed by atoms with Gasteiger partial charge in [0.1, 0.15) is 5.82 Å². The second-order valence-corrected chi connectivity index (χ2v) is 4.22. The van der Waals surface area contributed by atoms with E-state index in [9.17, 15) is 0 Å². The number of fused-ring (bicyclic) bond motifs is 1. The minimum Gasteiger partial charge on any atom is -0.330 e. The van der Waals surface area contributed by atoms with Gasteiger partial charge in [-0.2, -0.15) is 0 Å². The zero-order chi connectivity index (χ0) is 10.3. The standard InChI is InChI=1S/C12H15N3/c13-6-5-9-2-1-7-15-11(9)8-14-12(15)10-3-4-10/h1-2,7-8,10H,3-6,13H2. The number of pyridine rings is 1. The first-order chi connectivity index (χ1) is 7.40. The molecule has 3 rings (SSSR count). The van der Waals surface area contributed by atoms with Crippen LogP contribution in [0.4, 0.5) is 0 Å². The molecule has 1 fully saturated rings. The first-order valence-electron chi connectivity index (χ1n) is 5.55. The molecule has 1 saturated carbocycles. The van der Waals surface area contributed by atoms with Crippen molar-refractivity contribution in [2.45, 2.75) is 25.2 Å². The van der Waals surface area contributed by atoms with Crippen LogP contribution >= 0.6 is 0 Å². The minimum atomic E-state index is 0.695. The van der Waals surface area contributed by atoms with Crippen molar-refractivity contribution in [2.75, 3.05) is 6.54 Å². The molecule has 15 heavy (non-hydrogen) atoms. The Morgan fingerprint density at radius 3 is 3.07 bits per heavy atom. The quantitative estimate of drug-likeness (QED) is 0.821. The fourth-order valence-corrected chi connectivity index (χ4v) is 2.11. The van der Waals surface area contributed by atoms with Crippen molar-refractivity contribution in [2.24, 2.45) is 5.73 Å². The van der Waals surface area contributed by atoms with Crippen LogP contribution in [-0.4, -0.2) is 15.9 Å². The fraction of sp³-hybridized carbons (Fsp3) is 0.417. The van der Waals surface area contributed by atoms with E-state index in [2.05, 4.69) is 27.7 Å². The van der Waals surface area contributed by atoms with Crippen LogP contribution in [0.25, 0.3) is 5.52 Å². The van der Waals surface area contributed by atoms with Crippen LogP contribution in [0.3, 0.4) is 0 Å². The van der Waals surface area contributed by atoms with Crippen LogP contribution in [0.15, 0.2) is 24.5 Å². The van der Waals surface area contributed by atoms with Gasteiger partial charge in [-0.05, 0) is 37.4 Å². The lowest BCUT2D eigenvalue weighted by Gasteiger charge is -2.03. The molecule has 0 unspecified atom stereocenters. The highest BCUT2D eigenvalue weighted by atomic mass is 15.0. The summed E-state index contributed by atoms with van der Waals surface area (Å²) in [5.74, 6) is 1.92. The third kappa shape index (κ3) is 1.43. The molecule has 0 amide bonds. The molecule has 1 aliphatic rings. The van der Waals surface area contributed by atoms with Gasteiger partial charge in [0, 0.05) is 12.1 Å². The van der Waals surface area contributed by atoms with Gasteiger partial charge < -0.3 is 10.1 Å². The van der Waals surface area contributed by atoms with Crippen LogP contribution < -0.4 is 5.73 Å². The zero-order valence-electron chi connectivity index (χ0n) is 8.69. The second kappa shape index (κ2) is 3.35. The van der Waals surface area contributed by atoms with E-state index in [1.54, 1.807) is 0 Å². The van der Waals surface area contributed by atoms with Gasteiger partial charge in [0.25, 0.3) is 0 Å². The van der Waals surface area contributed by atoms with E-state index in [1.807, 2.05) is 6.20 Å². The van der Waals surface area contributed by atoms with Gasteiger partial charge >= 0.3 is 0 Å². The summed E-state index contributed by atoms with van der Waals surface area (Å²) in [5.41, 5.74) is 8.13. The summed E-state index contributed by atoms with van der Waals surface area (Å²) in [6, 6.07) is 4.23. The third-order valence-electron chi connectivity index (χ3n) is 3.04. The van der Waals surface area contributed by atoms with E-state index in [-0.39, 0.29) is 0 Å². The highest BCUT2D eigenvalue weighted by Crippen LogP contribution is 2.39. The minimum absolute atomic E-state index is 0.695. The van der Waals surface area contributed by atoms with Crippen LogP contribution in [0, 0.1) is 0 Å². The molecule has 2 heterocycles. The maximum atomic E-state index is 5.60. The Balaban J connectivity index is 2.14. The summed E-state index contributed by atoms with van der Waals surface area (Å²) < 4.78 is 2.22. The summed E-state index contributed by atoms with van der Waals surface area (Å²) in [4.78, 5) is 4.52. The second-order valence-electron chi connectivity index (χ2n) is 4.22. The topological polar surface area (TPSA) is 43.3 Å². The van der Waals surface area contributed by atoms with Crippen LogP contribution in [0.5, 0.6) is 0 Å². The van der Waals surface area contributed by atoms with Crippen molar-refractivity contribution in [1.29, 1.82) is 0 Å². The Morgan fingerprint density at radius 2 is 2.33 bits per heavy atom. The number of nitrogens with zero attached hydrogens (tertiary/aromatic N) is 2. The zero-order valence-corrected chi connectivity index (χ0v) is 8.69. The smallest absolute Gasteiger partial charge is 0.116 e. The van der Waals surface area contributed by atoms with Crippen molar-refractivity contribution >= 4 is 5.52 Å². The Labute approximate surface area is 88.9 Å². The average molecular weight is 201 g/mol. The molecular weight excluding hydrogens is 186 g/mol. The van der Waals surface area contributed by atoms with Gasteiger partial charge in [-0.1, -0.05) is 6.07 Å². The summed E-state index contributed by atoms with van der Waals surface area (Å²) in [6.07, 6.45) is 7.61. The Morgan fingerprint density at radius 1 is 1.47 bits per heavy atom. The predicted molar refractivity (Wildman–Crippen MR) is 59.9 cm³/mol. The van der Waals surface area contributed by atoms with Crippen molar-refractivity contribution in [1.82, 2.24) is 9.38 Å². The lowest BCUT2D eigenvalue weighted by molar-refractivity contribution is 0.909. The van der Waals surface area contributed by atoms with E-state index in [0.29, 0.717) is 12.5 Å². The lowest BCUT2D eigenvalue weighted by atomic mass is 10.2. The number of hydrogen-bond acceptors (Lipinski definition) is 2. The largest absolute Gasteiger partial charge is 0.330 e. The first kappa shape index (κ1) is 8.92. The molecule has 1 aliphatic carbocycles. The number of aromatic nitrogens is 2. The first-order valence-corrected chi connectivity index (χ1v) is 5.55. The van der Waals surface area contributed by atoms with Crippen LogP contribution in [0.2, 0.25) is 0 Å². The van der Waals surface area contributed by atoms with Gasteiger partial charge in [0.05, 0.1) is 11.7 Å². The number of rotatable bonds is 3. The molecule has 0 bridgehead atoms. The molecular formula is C12H15N3. The number of nitrogens with two attached hydrogens (primary N) is 1. The van der Waals surface area contributed by atoms with Crippen LogP contribution in [0.1, 0.15) is 30.1 Å². The van der Waals surface area contributed by atoms with Crippen molar-refractivity contribution in [3.63, 3.8) is 0 Å². The van der Waals surface area contributed by atoms with Crippen molar-refractivity contribution in [3.05, 3.63) is 35.9 Å². The average Bonchev–Trinajstić information content (AvgIpc) is 3.00. The van der Waals surface area contributed by atoms with Gasteiger partial charge in [-0.3, -0.25) is 0 Å². The molecule has 0 aliphatic heterocycles. The lowest BCUT2D eigenvalue weighted by Crippen LogP contribution is -2.04. The third-order valence-corrected chi connectivity index (χ3v) is 3.04. The molecule has 2 N–H and O–H groups in total. The monoisotopic (exact) mass is 201 g/mol. The fourth-order valence-electron chi connectivity index (χ4n) is 2.11. The molecule has 0 saturated heterocycles. The van der Waals surface area contributed by atoms with E-state index in [0.717, 1.165) is 6.42 Å². The Kier molecular flexibility index (Phi) is 1.99. The van der Waals surface area contributed by atoms with Crippen molar-refractivity contribution < 1.29 is 0 Å². The highest BCUT2D eigenvalue weighted by Gasteiger charge is 2.27. The van der Waals surface area contributed by atoms with E-state index < -0.39 is 0 Å². The molecule has 0 aromatic carbocycles. The molecule has 0 atom stereocenters. The number of hydrogen-bond donors (Lipinski definition) is 1. The predicted octanol–water partition coefficient (Wildman–Crippen LogP) is 1.71. The molecule has 3 heteroatoms. The molecule has 0 radical (unpaired) electrons. The van der Waals surface area contributed by atoms with E-state index in [4.69, 9.17) is 5.73 Å². The Bertz CT molecular complexity index is 483. The summed E-state index contributed by atoms with van der Waals surface area (Å²) in [6.45, 7) is 0.698. The van der Waals surface area contributed by atoms with Gasteiger partial charge in [-0.15, -0.1) is 0 Å². The van der Waals surface area contributed by atoms with Gasteiger partial charge in [-0.25, -0.2) is 4.98 Å².